The number of thiazole rings is 1. The number of hydrogen-bond donors (Lipinski definition) is 1. The minimum Gasteiger partial charge on any atom is -0.375 e. The Kier molecular flexibility index (Phi) is 4.60. The summed E-state index contributed by atoms with van der Waals surface area (Å²) < 4.78 is 1.84. The smallest absolute Gasteiger partial charge is 0.180 e. The summed E-state index contributed by atoms with van der Waals surface area (Å²) in [4.78, 5) is 18.5. The number of nitrogens with zero attached hydrogens (tertiary/aromatic N) is 7. The molecule has 0 saturated carbocycles. The van der Waals surface area contributed by atoms with Gasteiger partial charge in [0, 0.05) is 43.8 Å². The zero-order chi connectivity index (χ0) is 14.9. The Morgan fingerprint density at radius 2 is 1.91 bits per heavy atom. The molecule has 23 heavy (non-hydrogen) atoms. The van der Waals surface area contributed by atoms with Crippen molar-refractivity contribution in [2.75, 3.05) is 36.8 Å². The van der Waals surface area contributed by atoms with E-state index in [0.717, 1.165) is 44.2 Å². The molecule has 0 unspecified atom stereocenters. The summed E-state index contributed by atoms with van der Waals surface area (Å²) in [7, 11) is 0. The second kappa shape index (κ2) is 6.65. The second-order valence-corrected chi connectivity index (χ2v) is 6.37. The molecule has 0 bridgehead atoms. The van der Waals surface area contributed by atoms with Crippen LogP contribution >= 0.6 is 23.7 Å². The van der Waals surface area contributed by atoms with Crippen LogP contribution in [-0.4, -0.2) is 55.6 Å². The summed E-state index contributed by atoms with van der Waals surface area (Å²) in [6, 6.07) is 0. The summed E-state index contributed by atoms with van der Waals surface area (Å²) in [6.45, 7) is 4.77. The van der Waals surface area contributed by atoms with E-state index in [1.807, 2.05) is 16.9 Å². The first kappa shape index (κ1) is 15.9. The van der Waals surface area contributed by atoms with Gasteiger partial charge in [-0.1, -0.05) is 0 Å². The van der Waals surface area contributed by atoms with Gasteiger partial charge in [-0.05, 0) is 0 Å². The predicted octanol–water partition coefficient (Wildman–Crippen LogP) is 0.907. The molecular weight excluding hydrogens is 336 g/mol. The van der Waals surface area contributed by atoms with Gasteiger partial charge in [0.05, 0.1) is 12.4 Å². The fourth-order valence-electron chi connectivity index (χ4n) is 2.71. The Bertz CT molecular complexity index is 779. The number of nitrogen functional groups attached to an aromatic ring is 1. The number of rotatable bonds is 3. The largest absolute Gasteiger partial charge is 0.375 e. The molecule has 0 radical (unpaired) electrons. The maximum atomic E-state index is 5.68. The first-order chi connectivity index (χ1) is 10.8. The van der Waals surface area contributed by atoms with Crippen LogP contribution in [0.4, 0.5) is 10.9 Å². The molecule has 1 aliphatic rings. The van der Waals surface area contributed by atoms with Crippen LogP contribution in [0, 0.1) is 0 Å². The van der Waals surface area contributed by atoms with Gasteiger partial charge in [-0.25, -0.2) is 9.97 Å². The van der Waals surface area contributed by atoms with E-state index >= 15 is 0 Å². The van der Waals surface area contributed by atoms with Crippen LogP contribution in [-0.2, 0) is 6.54 Å². The van der Waals surface area contributed by atoms with Crippen molar-refractivity contribution in [2.45, 2.75) is 6.54 Å². The topological polar surface area (TPSA) is 88.5 Å². The molecule has 4 heterocycles. The molecule has 0 aromatic carbocycles. The van der Waals surface area contributed by atoms with Crippen LogP contribution in [0.3, 0.4) is 0 Å². The van der Waals surface area contributed by atoms with Gasteiger partial charge in [0.2, 0.25) is 0 Å². The Morgan fingerprint density at radius 3 is 2.65 bits per heavy atom. The third-order valence-electron chi connectivity index (χ3n) is 3.82. The van der Waals surface area contributed by atoms with Crippen molar-refractivity contribution < 1.29 is 0 Å². The third kappa shape index (κ3) is 3.21. The molecule has 0 amide bonds. The van der Waals surface area contributed by atoms with Crippen LogP contribution < -0.4 is 10.6 Å². The standard InChI is InChI=1S/C13H16N8S.ClH/c14-13-16-5-10(22-13)8-19-1-3-20(4-2-19)12-7-15-6-11-17-9-18-21(11)12;/h5-7,9H,1-4,8H2,(H2,14,16);1H. The molecule has 1 saturated heterocycles. The van der Waals surface area contributed by atoms with Gasteiger partial charge in [0.15, 0.2) is 16.6 Å². The monoisotopic (exact) mass is 352 g/mol. The average Bonchev–Trinajstić information content (AvgIpc) is 3.16. The number of fused-ring (bicyclic) bond motifs is 1. The van der Waals surface area contributed by atoms with E-state index in [2.05, 4.69) is 29.9 Å². The van der Waals surface area contributed by atoms with Crippen molar-refractivity contribution >= 4 is 40.3 Å². The first-order valence-electron chi connectivity index (χ1n) is 7.11. The zero-order valence-electron chi connectivity index (χ0n) is 12.4. The van der Waals surface area contributed by atoms with E-state index in [0.29, 0.717) is 5.13 Å². The maximum absolute atomic E-state index is 5.68. The summed E-state index contributed by atoms with van der Waals surface area (Å²) in [6.07, 6.45) is 7.00. The van der Waals surface area contributed by atoms with E-state index in [9.17, 15) is 0 Å². The lowest BCUT2D eigenvalue weighted by Gasteiger charge is -2.35. The highest BCUT2D eigenvalue weighted by Gasteiger charge is 2.20. The highest BCUT2D eigenvalue weighted by atomic mass is 35.5. The molecule has 2 N–H and O–H groups in total. The van der Waals surface area contributed by atoms with Crippen molar-refractivity contribution in [2.24, 2.45) is 0 Å². The second-order valence-electron chi connectivity index (χ2n) is 5.22. The van der Waals surface area contributed by atoms with Crippen molar-refractivity contribution in [3.63, 3.8) is 0 Å². The lowest BCUT2D eigenvalue weighted by molar-refractivity contribution is 0.251. The van der Waals surface area contributed by atoms with Crippen LogP contribution in [0.1, 0.15) is 4.88 Å². The lowest BCUT2D eigenvalue weighted by Crippen LogP contribution is -2.46. The van der Waals surface area contributed by atoms with Crippen molar-refractivity contribution in [1.82, 2.24) is 29.5 Å². The molecule has 122 valence electrons. The molecular formula is C13H17ClN8S. The van der Waals surface area contributed by atoms with Crippen molar-refractivity contribution in [1.29, 1.82) is 0 Å². The maximum Gasteiger partial charge on any atom is 0.180 e. The number of nitrogens with two attached hydrogens (primary N) is 1. The highest BCUT2D eigenvalue weighted by molar-refractivity contribution is 7.15. The Hall–Kier alpha value is -1.97. The lowest BCUT2D eigenvalue weighted by atomic mass is 10.3. The number of halogens is 1. The fraction of sp³-hybridized carbons (Fsp3) is 0.385. The van der Waals surface area contributed by atoms with Crippen LogP contribution in [0.25, 0.3) is 5.65 Å². The van der Waals surface area contributed by atoms with Crippen LogP contribution in [0.5, 0.6) is 0 Å². The molecule has 0 atom stereocenters. The van der Waals surface area contributed by atoms with E-state index < -0.39 is 0 Å². The molecule has 3 aromatic rings. The molecule has 3 aromatic heterocycles. The van der Waals surface area contributed by atoms with E-state index in [1.54, 1.807) is 23.9 Å². The van der Waals surface area contributed by atoms with E-state index in [4.69, 9.17) is 5.73 Å². The Balaban J connectivity index is 0.00000156. The van der Waals surface area contributed by atoms with Gasteiger partial charge in [0.1, 0.15) is 6.33 Å². The number of piperazine rings is 1. The van der Waals surface area contributed by atoms with Gasteiger partial charge in [-0.2, -0.15) is 9.61 Å². The third-order valence-corrected chi connectivity index (χ3v) is 4.63. The SMILES string of the molecule is Cl.Nc1ncc(CN2CCN(c3cncc4ncnn34)CC2)s1. The average molecular weight is 353 g/mol. The van der Waals surface area contributed by atoms with E-state index in [-0.39, 0.29) is 12.4 Å². The van der Waals surface area contributed by atoms with Gasteiger partial charge in [0.25, 0.3) is 0 Å². The summed E-state index contributed by atoms with van der Waals surface area (Å²) in [5.74, 6) is 0.997. The van der Waals surface area contributed by atoms with Crippen LogP contribution in [0.2, 0.25) is 0 Å². The minimum atomic E-state index is 0. The van der Waals surface area contributed by atoms with Gasteiger partial charge < -0.3 is 10.6 Å². The van der Waals surface area contributed by atoms with Gasteiger partial charge in [-0.15, -0.1) is 23.7 Å². The van der Waals surface area contributed by atoms with Crippen molar-refractivity contribution in [3.8, 4) is 0 Å². The molecule has 8 nitrogen and oxygen atoms in total. The number of hydrogen-bond acceptors (Lipinski definition) is 8. The normalized spacial score (nSPS) is 15.7. The highest BCUT2D eigenvalue weighted by Crippen LogP contribution is 2.19. The zero-order valence-corrected chi connectivity index (χ0v) is 14.0. The molecule has 0 aliphatic carbocycles. The predicted molar refractivity (Wildman–Crippen MR) is 92.0 cm³/mol. The molecule has 1 fully saturated rings. The van der Waals surface area contributed by atoms with Gasteiger partial charge >= 0.3 is 0 Å². The first-order valence-corrected chi connectivity index (χ1v) is 7.92. The number of aromatic nitrogens is 5. The summed E-state index contributed by atoms with van der Waals surface area (Å²) >= 11 is 1.56. The molecule has 0 spiro atoms. The molecule has 10 heteroatoms. The Morgan fingerprint density at radius 1 is 1.09 bits per heavy atom. The number of anilines is 2. The quantitative estimate of drug-likeness (QED) is 0.749. The van der Waals surface area contributed by atoms with E-state index in [1.165, 1.54) is 4.88 Å². The van der Waals surface area contributed by atoms with Gasteiger partial charge in [-0.3, -0.25) is 9.88 Å². The van der Waals surface area contributed by atoms with Crippen LogP contribution in [0.15, 0.2) is 24.9 Å². The summed E-state index contributed by atoms with van der Waals surface area (Å²) in [5.41, 5.74) is 6.46. The minimum absolute atomic E-state index is 0. The van der Waals surface area contributed by atoms with Crippen molar-refractivity contribution in [3.05, 3.63) is 29.8 Å². The Labute approximate surface area is 143 Å². The summed E-state index contributed by atoms with van der Waals surface area (Å²) in [5, 5.41) is 4.91. The fourth-order valence-corrected chi connectivity index (χ4v) is 3.43. The molecule has 4 rings (SSSR count). The molecule has 1 aliphatic heterocycles.